The number of fused-ring (bicyclic) bond motifs is 1. The number of aryl methyl sites for hydroxylation is 1. The van der Waals surface area contributed by atoms with Crippen LogP contribution in [-0.4, -0.2) is 37.7 Å². The Morgan fingerprint density at radius 3 is 2.80 bits per heavy atom. The predicted molar refractivity (Wildman–Crippen MR) is 95.9 cm³/mol. The molecule has 3 aromatic rings. The molecule has 0 fully saturated rings. The van der Waals surface area contributed by atoms with E-state index < -0.39 is 0 Å². The van der Waals surface area contributed by atoms with Crippen LogP contribution in [0.1, 0.15) is 25.0 Å². The Kier molecular flexibility index (Phi) is 4.63. The number of nitriles is 1. The Morgan fingerprint density at radius 2 is 2.12 bits per heavy atom. The standard InChI is InChI=1S/C18H20N6O/c1-10(2)15(9-25)23-18-22-7-12(5-19)16(24-18)14-8-21-17-13(14)4-11(3)6-20-17/h4,6-8,10,15,25H,9H2,1-3H3,(H,20,21)(H,22,23,24)/t15-/m0/s1. The maximum atomic E-state index is 9.50. The number of nitrogens with one attached hydrogen (secondary N) is 2. The first-order valence-electron chi connectivity index (χ1n) is 8.12. The summed E-state index contributed by atoms with van der Waals surface area (Å²) >= 11 is 0. The van der Waals surface area contributed by atoms with Crippen LogP contribution in [-0.2, 0) is 0 Å². The summed E-state index contributed by atoms with van der Waals surface area (Å²) < 4.78 is 0. The van der Waals surface area contributed by atoms with E-state index in [-0.39, 0.29) is 18.6 Å². The first-order valence-corrected chi connectivity index (χ1v) is 8.12. The van der Waals surface area contributed by atoms with Crippen LogP contribution >= 0.6 is 0 Å². The van der Waals surface area contributed by atoms with Crippen molar-refractivity contribution >= 4 is 17.0 Å². The van der Waals surface area contributed by atoms with Gasteiger partial charge in [-0.15, -0.1) is 0 Å². The number of aromatic amines is 1. The van der Waals surface area contributed by atoms with E-state index >= 15 is 0 Å². The first-order chi connectivity index (χ1) is 12.0. The van der Waals surface area contributed by atoms with Crippen LogP contribution in [0.5, 0.6) is 0 Å². The molecule has 0 radical (unpaired) electrons. The number of hydrogen-bond acceptors (Lipinski definition) is 6. The lowest BCUT2D eigenvalue weighted by Gasteiger charge is -2.20. The van der Waals surface area contributed by atoms with Gasteiger partial charge in [0.25, 0.3) is 0 Å². The molecule has 0 amide bonds. The average Bonchev–Trinajstić information content (AvgIpc) is 3.02. The second kappa shape index (κ2) is 6.87. The molecule has 7 heteroatoms. The molecule has 1 atom stereocenters. The average molecular weight is 336 g/mol. The molecule has 25 heavy (non-hydrogen) atoms. The van der Waals surface area contributed by atoms with Gasteiger partial charge in [-0.1, -0.05) is 13.8 Å². The molecule has 0 aromatic carbocycles. The lowest BCUT2D eigenvalue weighted by molar-refractivity contribution is 0.248. The predicted octanol–water partition coefficient (Wildman–Crippen LogP) is 2.63. The van der Waals surface area contributed by atoms with Gasteiger partial charge >= 0.3 is 0 Å². The van der Waals surface area contributed by atoms with E-state index in [1.54, 1.807) is 12.4 Å². The zero-order valence-corrected chi connectivity index (χ0v) is 14.4. The van der Waals surface area contributed by atoms with Crippen molar-refractivity contribution in [2.45, 2.75) is 26.8 Å². The highest BCUT2D eigenvalue weighted by Crippen LogP contribution is 2.29. The van der Waals surface area contributed by atoms with Gasteiger partial charge in [-0.3, -0.25) is 0 Å². The highest BCUT2D eigenvalue weighted by Gasteiger charge is 2.17. The van der Waals surface area contributed by atoms with Crippen molar-refractivity contribution in [3.05, 3.63) is 35.8 Å². The van der Waals surface area contributed by atoms with E-state index in [2.05, 4.69) is 31.3 Å². The molecule has 0 aliphatic rings. The Balaban J connectivity index is 2.09. The van der Waals surface area contributed by atoms with Crippen molar-refractivity contribution in [3.8, 4) is 17.3 Å². The van der Waals surface area contributed by atoms with Gasteiger partial charge in [0.05, 0.1) is 30.1 Å². The SMILES string of the molecule is Cc1cnc2[nH]cc(-c3nc(N[C@@H](CO)C(C)C)ncc3C#N)c2c1. The van der Waals surface area contributed by atoms with E-state index in [0.29, 0.717) is 17.2 Å². The van der Waals surface area contributed by atoms with Gasteiger partial charge in [-0.05, 0) is 24.5 Å². The number of anilines is 1. The van der Waals surface area contributed by atoms with Gasteiger partial charge < -0.3 is 15.4 Å². The topological polar surface area (TPSA) is 111 Å². The minimum atomic E-state index is -0.160. The lowest BCUT2D eigenvalue weighted by atomic mass is 10.1. The fourth-order valence-electron chi connectivity index (χ4n) is 2.63. The number of nitrogens with zero attached hydrogens (tertiary/aromatic N) is 4. The van der Waals surface area contributed by atoms with Crippen molar-refractivity contribution in [2.75, 3.05) is 11.9 Å². The van der Waals surface area contributed by atoms with Gasteiger partial charge in [0, 0.05) is 23.3 Å². The van der Waals surface area contributed by atoms with Crippen LogP contribution < -0.4 is 5.32 Å². The van der Waals surface area contributed by atoms with Crippen LogP contribution in [0.4, 0.5) is 5.95 Å². The molecule has 3 aromatic heterocycles. The number of aromatic nitrogens is 4. The van der Waals surface area contributed by atoms with Crippen molar-refractivity contribution in [1.82, 2.24) is 19.9 Å². The van der Waals surface area contributed by atoms with Crippen molar-refractivity contribution in [2.24, 2.45) is 5.92 Å². The zero-order valence-electron chi connectivity index (χ0n) is 14.4. The van der Waals surface area contributed by atoms with E-state index in [0.717, 1.165) is 22.2 Å². The Hall–Kier alpha value is -2.98. The fraction of sp³-hybridized carbons (Fsp3) is 0.333. The molecule has 7 nitrogen and oxygen atoms in total. The summed E-state index contributed by atoms with van der Waals surface area (Å²) in [6.07, 6.45) is 5.09. The summed E-state index contributed by atoms with van der Waals surface area (Å²) in [6.45, 7) is 5.96. The minimum absolute atomic E-state index is 0.0213. The maximum absolute atomic E-state index is 9.50. The zero-order chi connectivity index (χ0) is 18.0. The van der Waals surface area contributed by atoms with E-state index in [1.807, 2.05) is 26.8 Å². The quantitative estimate of drug-likeness (QED) is 0.660. The van der Waals surface area contributed by atoms with Gasteiger partial charge in [0.1, 0.15) is 11.7 Å². The smallest absolute Gasteiger partial charge is 0.223 e. The second-order valence-electron chi connectivity index (χ2n) is 6.36. The summed E-state index contributed by atoms with van der Waals surface area (Å²) in [5.41, 5.74) is 3.50. The first kappa shape index (κ1) is 16.9. The maximum Gasteiger partial charge on any atom is 0.223 e. The second-order valence-corrected chi connectivity index (χ2v) is 6.36. The number of aliphatic hydroxyl groups is 1. The van der Waals surface area contributed by atoms with E-state index in [9.17, 15) is 10.4 Å². The number of rotatable bonds is 5. The molecule has 3 rings (SSSR count). The van der Waals surface area contributed by atoms with Gasteiger partial charge in [0.15, 0.2) is 0 Å². The molecular formula is C18H20N6O. The third-order valence-electron chi connectivity index (χ3n) is 4.15. The van der Waals surface area contributed by atoms with Gasteiger partial charge in [-0.2, -0.15) is 5.26 Å². The molecule has 0 spiro atoms. The molecule has 3 heterocycles. The fourth-order valence-corrected chi connectivity index (χ4v) is 2.63. The minimum Gasteiger partial charge on any atom is -0.394 e. The highest BCUT2D eigenvalue weighted by molar-refractivity contribution is 5.94. The van der Waals surface area contributed by atoms with Crippen LogP contribution in [0, 0.1) is 24.2 Å². The molecule has 0 aliphatic carbocycles. The third-order valence-corrected chi connectivity index (χ3v) is 4.15. The molecule has 0 saturated heterocycles. The normalized spacial score (nSPS) is 12.3. The lowest BCUT2D eigenvalue weighted by Crippen LogP contribution is -2.30. The Bertz CT molecular complexity index is 940. The molecule has 0 saturated carbocycles. The number of aliphatic hydroxyl groups excluding tert-OH is 1. The van der Waals surface area contributed by atoms with Crippen molar-refractivity contribution in [1.29, 1.82) is 5.26 Å². The summed E-state index contributed by atoms with van der Waals surface area (Å²) in [5.74, 6) is 0.601. The third kappa shape index (κ3) is 3.30. The summed E-state index contributed by atoms with van der Waals surface area (Å²) in [4.78, 5) is 16.2. The molecule has 0 unspecified atom stereocenters. The molecule has 0 bridgehead atoms. The van der Waals surface area contributed by atoms with Crippen LogP contribution in [0.3, 0.4) is 0 Å². The monoisotopic (exact) mass is 336 g/mol. The van der Waals surface area contributed by atoms with Crippen LogP contribution in [0.2, 0.25) is 0 Å². The highest BCUT2D eigenvalue weighted by atomic mass is 16.3. The van der Waals surface area contributed by atoms with Gasteiger partial charge in [0.2, 0.25) is 5.95 Å². The molecular weight excluding hydrogens is 316 g/mol. The molecule has 3 N–H and O–H groups in total. The van der Waals surface area contributed by atoms with Crippen LogP contribution in [0.25, 0.3) is 22.3 Å². The van der Waals surface area contributed by atoms with Crippen molar-refractivity contribution < 1.29 is 5.11 Å². The summed E-state index contributed by atoms with van der Waals surface area (Å²) in [7, 11) is 0. The Morgan fingerprint density at radius 1 is 1.32 bits per heavy atom. The summed E-state index contributed by atoms with van der Waals surface area (Å²) in [5, 5.41) is 23.0. The number of hydrogen-bond donors (Lipinski definition) is 3. The molecule has 0 aliphatic heterocycles. The largest absolute Gasteiger partial charge is 0.394 e. The van der Waals surface area contributed by atoms with E-state index in [4.69, 9.17) is 0 Å². The number of pyridine rings is 1. The van der Waals surface area contributed by atoms with E-state index in [1.165, 1.54) is 6.20 Å². The van der Waals surface area contributed by atoms with Crippen molar-refractivity contribution in [3.63, 3.8) is 0 Å². The van der Waals surface area contributed by atoms with Crippen LogP contribution in [0.15, 0.2) is 24.7 Å². The Labute approximate surface area is 145 Å². The number of H-pyrrole nitrogens is 1. The summed E-state index contributed by atoms with van der Waals surface area (Å²) in [6, 6.07) is 3.99. The van der Waals surface area contributed by atoms with Gasteiger partial charge in [-0.25, -0.2) is 15.0 Å². The molecule has 128 valence electrons.